The molecule has 0 fully saturated rings. The van der Waals surface area contributed by atoms with Gasteiger partial charge in [0.1, 0.15) is 45.8 Å². The fourth-order valence-corrected chi connectivity index (χ4v) is 3.81. The molecule has 0 radical (unpaired) electrons. The predicted octanol–water partition coefficient (Wildman–Crippen LogP) is 5.57. The summed E-state index contributed by atoms with van der Waals surface area (Å²) in [4.78, 5) is 13.5. The van der Waals surface area contributed by atoms with Gasteiger partial charge < -0.3 is 24.1 Å². The number of fused-ring (bicyclic) bond motifs is 2. The van der Waals surface area contributed by atoms with E-state index >= 15 is 0 Å². The summed E-state index contributed by atoms with van der Waals surface area (Å²) in [7, 11) is 1.48. The van der Waals surface area contributed by atoms with Gasteiger partial charge in [-0.1, -0.05) is 11.6 Å². The molecule has 2 aromatic carbocycles. The Morgan fingerprint density at radius 1 is 1.19 bits per heavy atom. The van der Waals surface area contributed by atoms with Gasteiger partial charge >= 0.3 is 0 Å². The number of ether oxygens (including phenoxy) is 2. The van der Waals surface area contributed by atoms with Crippen LogP contribution in [0, 0.1) is 0 Å². The monoisotopic (exact) mass is 434 g/mol. The van der Waals surface area contributed by atoms with Crippen LogP contribution in [0.5, 0.6) is 23.0 Å². The second kappa shape index (κ2) is 7.79. The molecule has 0 bridgehead atoms. The summed E-state index contributed by atoms with van der Waals surface area (Å²) < 4.78 is 17.3. The van der Waals surface area contributed by atoms with Crippen LogP contribution in [0.4, 0.5) is 0 Å². The van der Waals surface area contributed by atoms with E-state index in [-0.39, 0.29) is 28.0 Å². The Balaban J connectivity index is 2.05. The zero-order valence-corrected chi connectivity index (χ0v) is 18.8. The summed E-state index contributed by atoms with van der Waals surface area (Å²) in [5.74, 6) is 0.675. The smallest absolute Gasteiger partial charge is 0.204 e. The molecule has 1 aromatic heterocycles. The van der Waals surface area contributed by atoms with Crippen LogP contribution in [0.2, 0.25) is 0 Å². The Hall–Kier alpha value is -3.67. The van der Waals surface area contributed by atoms with Crippen LogP contribution >= 0.6 is 0 Å². The fourth-order valence-electron chi connectivity index (χ4n) is 3.81. The van der Waals surface area contributed by atoms with Crippen LogP contribution < -0.4 is 14.9 Å². The zero-order chi connectivity index (χ0) is 23.2. The zero-order valence-electron chi connectivity index (χ0n) is 18.8. The number of benzene rings is 2. The van der Waals surface area contributed by atoms with Gasteiger partial charge in [0, 0.05) is 11.6 Å². The third-order valence-corrected chi connectivity index (χ3v) is 5.45. The van der Waals surface area contributed by atoms with Crippen molar-refractivity contribution < 1.29 is 24.1 Å². The first-order chi connectivity index (χ1) is 15.1. The van der Waals surface area contributed by atoms with E-state index in [0.717, 1.165) is 5.57 Å². The number of hydrogen-bond acceptors (Lipinski definition) is 6. The lowest BCUT2D eigenvalue weighted by Crippen LogP contribution is -2.28. The summed E-state index contributed by atoms with van der Waals surface area (Å²) in [6.45, 7) is 7.83. The first-order valence-electron chi connectivity index (χ1n) is 10.3. The predicted molar refractivity (Wildman–Crippen MR) is 125 cm³/mol. The summed E-state index contributed by atoms with van der Waals surface area (Å²) in [5.41, 5.74) is 2.20. The van der Waals surface area contributed by atoms with E-state index in [1.54, 1.807) is 12.1 Å². The summed E-state index contributed by atoms with van der Waals surface area (Å²) >= 11 is 0. The largest absolute Gasteiger partial charge is 0.508 e. The summed E-state index contributed by atoms with van der Waals surface area (Å²) in [5, 5.41) is 21.2. The van der Waals surface area contributed by atoms with Gasteiger partial charge in [-0.2, -0.15) is 0 Å². The fraction of sp³-hybridized carbons (Fsp3) is 0.269. The Bertz CT molecular complexity index is 1340. The number of hydrogen-bond donors (Lipinski definition) is 2. The van der Waals surface area contributed by atoms with Crippen molar-refractivity contribution >= 4 is 17.0 Å². The van der Waals surface area contributed by atoms with E-state index in [9.17, 15) is 15.0 Å². The molecular weight excluding hydrogens is 408 g/mol. The van der Waals surface area contributed by atoms with Crippen molar-refractivity contribution in [3.8, 4) is 34.1 Å². The van der Waals surface area contributed by atoms with Crippen molar-refractivity contribution in [1.82, 2.24) is 0 Å². The Kier molecular flexibility index (Phi) is 5.25. The number of rotatable bonds is 4. The molecule has 0 saturated heterocycles. The molecule has 0 saturated carbocycles. The minimum atomic E-state index is -0.564. The summed E-state index contributed by atoms with van der Waals surface area (Å²) in [6, 6.07) is 4.52. The van der Waals surface area contributed by atoms with Crippen LogP contribution in [0.15, 0.2) is 51.4 Å². The van der Waals surface area contributed by atoms with Crippen molar-refractivity contribution in [2.24, 2.45) is 0 Å². The Morgan fingerprint density at radius 2 is 1.94 bits per heavy atom. The third kappa shape index (κ3) is 3.73. The number of aromatic hydroxyl groups is 2. The van der Waals surface area contributed by atoms with Crippen molar-refractivity contribution in [1.29, 1.82) is 0 Å². The van der Waals surface area contributed by atoms with E-state index in [2.05, 4.69) is 0 Å². The number of methoxy groups -OCH3 is 1. The van der Waals surface area contributed by atoms with Crippen molar-refractivity contribution in [2.75, 3.05) is 7.11 Å². The molecule has 166 valence electrons. The molecule has 6 nitrogen and oxygen atoms in total. The highest BCUT2D eigenvalue weighted by Crippen LogP contribution is 2.45. The summed E-state index contributed by atoms with van der Waals surface area (Å²) in [6.07, 6.45) is 7.48. The van der Waals surface area contributed by atoms with Gasteiger partial charge in [0.05, 0.1) is 18.2 Å². The molecular formula is C26H26O6. The highest BCUT2D eigenvalue weighted by Gasteiger charge is 2.30. The van der Waals surface area contributed by atoms with Gasteiger partial charge in [-0.15, -0.1) is 0 Å². The van der Waals surface area contributed by atoms with Crippen molar-refractivity contribution in [2.45, 2.75) is 39.7 Å². The molecule has 1 aliphatic heterocycles. The van der Waals surface area contributed by atoms with Gasteiger partial charge in [-0.25, -0.2) is 0 Å². The second-order valence-electron chi connectivity index (χ2n) is 8.70. The van der Waals surface area contributed by atoms with E-state index in [1.165, 1.54) is 25.5 Å². The molecule has 6 heteroatoms. The van der Waals surface area contributed by atoms with Gasteiger partial charge in [-0.05, 0) is 64.0 Å². The van der Waals surface area contributed by atoms with Crippen LogP contribution in [0.1, 0.15) is 38.8 Å². The molecule has 0 amide bonds. The number of phenols is 2. The third-order valence-electron chi connectivity index (χ3n) is 5.45. The van der Waals surface area contributed by atoms with Gasteiger partial charge in [0.15, 0.2) is 0 Å². The van der Waals surface area contributed by atoms with Gasteiger partial charge in [-0.3, -0.25) is 4.79 Å². The topological polar surface area (TPSA) is 89.1 Å². The molecule has 32 heavy (non-hydrogen) atoms. The number of allylic oxidation sites excluding steroid dienone is 2. The molecule has 0 atom stereocenters. The van der Waals surface area contributed by atoms with Crippen molar-refractivity contribution in [3.05, 3.63) is 63.5 Å². The van der Waals surface area contributed by atoms with Crippen molar-refractivity contribution in [3.63, 3.8) is 0 Å². The van der Waals surface area contributed by atoms with Gasteiger partial charge in [0.2, 0.25) is 5.43 Å². The highest BCUT2D eigenvalue weighted by atomic mass is 16.5. The molecule has 0 spiro atoms. The maximum atomic E-state index is 13.5. The van der Waals surface area contributed by atoms with E-state index in [1.807, 2.05) is 39.8 Å². The minimum Gasteiger partial charge on any atom is -0.508 e. The molecule has 2 N–H and O–H groups in total. The Morgan fingerprint density at radius 3 is 2.62 bits per heavy atom. The maximum absolute atomic E-state index is 13.5. The standard InChI is InChI=1S/C26H26O6/c1-14(2)6-7-19-24-18(8-9-26(3,4)32-24)22(28)21-23(29)20(13-31-25(19)21)15-10-16(27)12-17(11-15)30-5/h6,8-13,27-28H,7H2,1-5H3. The van der Waals surface area contributed by atoms with E-state index < -0.39 is 11.0 Å². The van der Waals surface area contributed by atoms with Crippen LogP contribution in [0.25, 0.3) is 28.2 Å². The molecule has 4 rings (SSSR count). The first kappa shape index (κ1) is 21.6. The molecule has 3 aromatic rings. The first-order valence-corrected chi connectivity index (χ1v) is 10.3. The van der Waals surface area contributed by atoms with Crippen LogP contribution in [-0.2, 0) is 6.42 Å². The highest BCUT2D eigenvalue weighted by molar-refractivity contribution is 5.96. The van der Waals surface area contributed by atoms with Gasteiger partial charge in [0.25, 0.3) is 0 Å². The van der Waals surface area contributed by atoms with Crippen LogP contribution in [0.3, 0.4) is 0 Å². The molecule has 1 aliphatic rings. The quantitative estimate of drug-likeness (QED) is 0.522. The lowest BCUT2D eigenvalue weighted by molar-refractivity contribution is 0.157. The lowest BCUT2D eigenvalue weighted by atomic mass is 9.93. The SMILES string of the molecule is COc1cc(O)cc(-c2coc3c(CC=C(C)C)c4c(c(O)c3c2=O)C=CC(C)(C)O4)c1. The molecule has 0 unspecified atom stereocenters. The average molecular weight is 434 g/mol. The molecule has 0 aliphatic carbocycles. The van der Waals surface area contributed by atoms with E-state index in [0.29, 0.717) is 34.6 Å². The Labute approximate surface area is 186 Å². The molecule has 2 heterocycles. The number of phenolic OH excluding ortho intramolecular Hbond substituents is 2. The second-order valence-corrected chi connectivity index (χ2v) is 8.70. The van der Waals surface area contributed by atoms with Crippen LogP contribution in [-0.4, -0.2) is 22.9 Å². The average Bonchev–Trinajstić information content (AvgIpc) is 2.72. The normalized spacial score (nSPS) is 14.0. The minimum absolute atomic E-state index is 0.0451. The lowest BCUT2D eigenvalue weighted by Gasteiger charge is -2.30. The van der Waals surface area contributed by atoms with E-state index in [4.69, 9.17) is 13.9 Å². The maximum Gasteiger partial charge on any atom is 0.204 e.